The Morgan fingerprint density at radius 2 is 1.71 bits per heavy atom. The van der Waals surface area contributed by atoms with Crippen molar-refractivity contribution in [2.75, 3.05) is 6.54 Å². The van der Waals surface area contributed by atoms with Crippen LogP contribution in [0.3, 0.4) is 0 Å². The molecule has 0 saturated heterocycles. The molecule has 17 heavy (non-hydrogen) atoms. The molecule has 0 aliphatic heterocycles. The van der Waals surface area contributed by atoms with Crippen molar-refractivity contribution >= 4 is 5.97 Å². The number of rotatable bonds is 4. The van der Waals surface area contributed by atoms with Crippen molar-refractivity contribution in [2.45, 2.75) is 45.1 Å². The second kappa shape index (κ2) is 4.27. The van der Waals surface area contributed by atoms with Gasteiger partial charge in [-0.2, -0.15) is 0 Å². The zero-order valence-corrected chi connectivity index (χ0v) is 10.6. The average molecular weight is 237 g/mol. The minimum Gasteiger partial charge on any atom is -0.481 e. The van der Waals surface area contributed by atoms with Crippen LogP contribution in [0.15, 0.2) is 0 Å². The van der Waals surface area contributed by atoms with Crippen molar-refractivity contribution in [3.63, 3.8) is 0 Å². The van der Waals surface area contributed by atoms with Crippen LogP contribution >= 0.6 is 0 Å². The molecule has 4 bridgehead atoms. The predicted molar refractivity (Wildman–Crippen MR) is 65.6 cm³/mol. The Balaban J connectivity index is 1.59. The van der Waals surface area contributed by atoms with Crippen molar-refractivity contribution in [1.82, 2.24) is 5.32 Å². The van der Waals surface area contributed by atoms with Crippen LogP contribution in [0.4, 0.5) is 0 Å². The van der Waals surface area contributed by atoms with Gasteiger partial charge in [-0.15, -0.1) is 0 Å². The quantitative estimate of drug-likeness (QED) is 0.787. The third kappa shape index (κ3) is 2.10. The van der Waals surface area contributed by atoms with Gasteiger partial charge in [0.15, 0.2) is 0 Å². The highest BCUT2D eigenvalue weighted by Crippen LogP contribution is 2.53. The van der Waals surface area contributed by atoms with Gasteiger partial charge in [0, 0.05) is 12.6 Å². The smallest absolute Gasteiger partial charge is 0.307 e. The summed E-state index contributed by atoms with van der Waals surface area (Å²) in [5.41, 5.74) is 0. The van der Waals surface area contributed by atoms with E-state index in [0.29, 0.717) is 12.6 Å². The van der Waals surface area contributed by atoms with Gasteiger partial charge in [-0.25, -0.2) is 0 Å². The first-order chi connectivity index (χ1) is 8.13. The van der Waals surface area contributed by atoms with Gasteiger partial charge in [0.25, 0.3) is 0 Å². The van der Waals surface area contributed by atoms with E-state index in [9.17, 15) is 4.79 Å². The van der Waals surface area contributed by atoms with Crippen molar-refractivity contribution in [1.29, 1.82) is 0 Å². The summed E-state index contributed by atoms with van der Waals surface area (Å²) < 4.78 is 0. The normalized spacial score (nSPS) is 44.9. The van der Waals surface area contributed by atoms with Crippen LogP contribution in [-0.2, 0) is 4.79 Å². The molecule has 0 aromatic heterocycles. The Labute approximate surface area is 103 Å². The lowest BCUT2D eigenvalue weighted by atomic mass is 9.54. The Morgan fingerprint density at radius 1 is 1.18 bits per heavy atom. The fourth-order valence-electron chi connectivity index (χ4n) is 4.66. The van der Waals surface area contributed by atoms with Gasteiger partial charge in [0.2, 0.25) is 0 Å². The van der Waals surface area contributed by atoms with Crippen LogP contribution < -0.4 is 5.32 Å². The molecule has 4 rings (SSSR count). The first kappa shape index (κ1) is 11.5. The Kier molecular flexibility index (Phi) is 2.89. The minimum absolute atomic E-state index is 0.257. The number of carbonyl (C=O) groups is 1. The number of nitrogens with one attached hydrogen (secondary N) is 1. The largest absolute Gasteiger partial charge is 0.481 e. The minimum atomic E-state index is -0.679. The predicted octanol–water partition coefficient (Wildman–Crippen LogP) is 2.12. The molecule has 96 valence electrons. The van der Waals surface area contributed by atoms with Crippen LogP contribution in [0.5, 0.6) is 0 Å². The molecular formula is C14H23NO2. The maximum Gasteiger partial charge on any atom is 0.307 e. The number of hydrogen-bond donors (Lipinski definition) is 2. The van der Waals surface area contributed by atoms with Crippen molar-refractivity contribution in [3.05, 3.63) is 0 Å². The van der Waals surface area contributed by atoms with E-state index < -0.39 is 5.97 Å². The molecule has 4 fully saturated rings. The molecule has 0 spiro atoms. The molecule has 0 aromatic carbocycles. The van der Waals surface area contributed by atoms with E-state index in [1.807, 2.05) is 0 Å². The van der Waals surface area contributed by atoms with Gasteiger partial charge >= 0.3 is 5.97 Å². The molecular weight excluding hydrogens is 214 g/mol. The number of hydrogen-bond acceptors (Lipinski definition) is 2. The summed E-state index contributed by atoms with van der Waals surface area (Å²) in [5, 5.41) is 12.5. The Bertz CT molecular complexity index is 287. The molecule has 3 heteroatoms. The first-order valence-electron chi connectivity index (χ1n) is 7.09. The van der Waals surface area contributed by atoms with Gasteiger partial charge in [-0.1, -0.05) is 6.92 Å². The van der Waals surface area contributed by atoms with Gasteiger partial charge < -0.3 is 10.4 Å². The lowest BCUT2D eigenvalue weighted by molar-refractivity contribution is -0.141. The third-order valence-electron chi connectivity index (χ3n) is 5.31. The number of carboxylic acids is 1. The summed E-state index contributed by atoms with van der Waals surface area (Å²) in [4.78, 5) is 10.8. The van der Waals surface area contributed by atoms with E-state index in [1.165, 1.54) is 32.1 Å². The summed E-state index contributed by atoms with van der Waals surface area (Å²) in [6.07, 6.45) is 7.06. The van der Waals surface area contributed by atoms with Crippen molar-refractivity contribution in [3.8, 4) is 0 Å². The molecule has 1 atom stereocenters. The highest BCUT2D eigenvalue weighted by atomic mass is 16.4. The zero-order chi connectivity index (χ0) is 12.0. The van der Waals surface area contributed by atoms with E-state index >= 15 is 0 Å². The van der Waals surface area contributed by atoms with Crippen LogP contribution in [-0.4, -0.2) is 23.7 Å². The van der Waals surface area contributed by atoms with Crippen molar-refractivity contribution < 1.29 is 9.90 Å². The number of aliphatic carboxylic acids is 1. The van der Waals surface area contributed by atoms with Crippen LogP contribution in [0.2, 0.25) is 0 Å². The molecule has 2 N–H and O–H groups in total. The van der Waals surface area contributed by atoms with Gasteiger partial charge in [0.1, 0.15) is 0 Å². The fourth-order valence-corrected chi connectivity index (χ4v) is 4.66. The van der Waals surface area contributed by atoms with E-state index in [-0.39, 0.29) is 5.92 Å². The van der Waals surface area contributed by atoms with Gasteiger partial charge in [0.05, 0.1) is 5.92 Å². The lowest BCUT2D eigenvalue weighted by Crippen LogP contribution is -2.55. The van der Waals surface area contributed by atoms with Gasteiger partial charge in [-0.05, 0) is 55.8 Å². The highest BCUT2D eigenvalue weighted by Gasteiger charge is 2.47. The maximum absolute atomic E-state index is 10.8. The summed E-state index contributed by atoms with van der Waals surface area (Å²) in [5.74, 6) is 2.73. The molecule has 0 aromatic rings. The summed E-state index contributed by atoms with van der Waals surface area (Å²) in [6, 6.07) is 0.615. The Hall–Kier alpha value is -0.570. The first-order valence-corrected chi connectivity index (χ1v) is 7.09. The highest BCUT2D eigenvalue weighted by molar-refractivity contribution is 5.69. The monoisotopic (exact) mass is 237 g/mol. The third-order valence-corrected chi connectivity index (χ3v) is 5.31. The van der Waals surface area contributed by atoms with E-state index in [0.717, 1.165) is 23.7 Å². The summed E-state index contributed by atoms with van der Waals surface area (Å²) in [7, 11) is 0. The lowest BCUT2D eigenvalue weighted by Gasteiger charge is -2.54. The maximum atomic E-state index is 10.8. The molecule has 0 heterocycles. The molecule has 4 aliphatic carbocycles. The standard InChI is InChI=1S/C14H23NO2/c1-8(14(16)17)7-15-13-11-3-9-2-10(5-11)6-12(13)4-9/h8-13,15H,2-7H2,1H3,(H,16,17). The van der Waals surface area contributed by atoms with E-state index in [1.54, 1.807) is 6.92 Å². The molecule has 0 amide bonds. The summed E-state index contributed by atoms with van der Waals surface area (Å²) >= 11 is 0. The van der Waals surface area contributed by atoms with Crippen molar-refractivity contribution in [2.24, 2.45) is 29.6 Å². The molecule has 4 saturated carbocycles. The average Bonchev–Trinajstić information content (AvgIpc) is 2.26. The fraction of sp³-hybridized carbons (Fsp3) is 0.929. The molecule has 3 nitrogen and oxygen atoms in total. The van der Waals surface area contributed by atoms with Crippen LogP contribution in [0.25, 0.3) is 0 Å². The number of carboxylic acid groups (broad SMARTS) is 1. The second-order valence-electron chi connectivity index (χ2n) is 6.60. The molecule has 0 radical (unpaired) electrons. The van der Waals surface area contributed by atoms with Crippen LogP contribution in [0, 0.1) is 29.6 Å². The van der Waals surface area contributed by atoms with Gasteiger partial charge in [-0.3, -0.25) is 4.79 Å². The molecule has 1 unspecified atom stereocenters. The zero-order valence-electron chi connectivity index (χ0n) is 10.6. The van der Waals surface area contributed by atoms with Crippen LogP contribution in [0.1, 0.15) is 39.0 Å². The molecule has 4 aliphatic rings. The van der Waals surface area contributed by atoms with E-state index in [2.05, 4.69) is 5.32 Å². The van der Waals surface area contributed by atoms with E-state index in [4.69, 9.17) is 5.11 Å². The second-order valence-corrected chi connectivity index (χ2v) is 6.60. The Morgan fingerprint density at radius 3 is 2.18 bits per heavy atom. The SMILES string of the molecule is CC(CNC1C2CC3CC(C2)CC1C3)C(=O)O. The topological polar surface area (TPSA) is 49.3 Å². The summed E-state index contributed by atoms with van der Waals surface area (Å²) in [6.45, 7) is 2.44.